The molecule has 4 aromatic rings. The Labute approximate surface area is 197 Å². The Morgan fingerprint density at radius 2 is 1.88 bits per heavy atom. The number of para-hydroxylation sites is 1. The molecule has 172 valence electrons. The van der Waals surface area contributed by atoms with Crippen LogP contribution in [0.2, 0.25) is 0 Å². The average Bonchev–Trinajstić information content (AvgIpc) is 3.39. The molecule has 7 nitrogen and oxygen atoms in total. The van der Waals surface area contributed by atoms with Crippen LogP contribution in [-0.2, 0) is 16.9 Å². The minimum atomic E-state index is -0.612. The predicted molar refractivity (Wildman–Crippen MR) is 129 cm³/mol. The van der Waals surface area contributed by atoms with E-state index in [0.29, 0.717) is 17.5 Å². The maximum absolute atomic E-state index is 12.6. The molecule has 1 atom stereocenters. The molecule has 0 saturated carbocycles. The Balaban J connectivity index is 1.54. The lowest BCUT2D eigenvalue weighted by Gasteiger charge is -2.22. The van der Waals surface area contributed by atoms with Crippen molar-refractivity contribution in [3.8, 4) is 0 Å². The Bertz CT molecular complexity index is 1240. The van der Waals surface area contributed by atoms with Crippen LogP contribution in [-0.4, -0.2) is 26.9 Å². The number of alkyl carbamates (subject to hydrolysis) is 1. The summed E-state index contributed by atoms with van der Waals surface area (Å²) in [5.74, 6) is 1.07. The summed E-state index contributed by atoms with van der Waals surface area (Å²) < 4.78 is 11.4. The molecule has 2 aromatic carbocycles. The van der Waals surface area contributed by atoms with Crippen molar-refractivity contribution in [3.05, 3.63) is 77.3 Å². The Hall–Kier alpha value is -3.26. The van der Waals surface area contributed by atoms with Gasteiger partial charge in [0.2, 0.25) is 5.89 Å². The fourth-order valence-corrected chi connectivity index (χ4v) is 4.35. The normalized spacial score (nSPS) is 12.6. The lowest BCUT2D eigenvalue weighted by molar-refractivity contribution is 0.0494. The van der Waals surface area contributed by atoms with Gasteiger partial charge in [-0.2, -0.15) is 0 Å². The zero-order valence-electron chi connectivity index (χ0n) is 19.2. The van der Waals surface area contributed by atoms with Crippen molar-refractivity contribution >= 4 is 28.8 Å². The SMILES string of the molecule is Cc1ccccc1CSc1nnc(C(Cc2c[nH]c3ccccc23)NC(=O)OC(C)(C)C)o1. The largest absolute Gasteiger partial charge is 0.444 e. The van der Waals surface area contributed by atoms with E-state index in [-0.39, 0.29) is 0 Å². The van der Waals surface area contributed by atoms with Gasteiger partial charge in [0.25, 0.3) is 5.22 Å². The number of carbonyl (C=O) groups is 1. The minimum Gasteiger partial charge on any atom is -0.444 e. The van der Waals surface area contributed by atoms with Crippen molar-refractivity contribution in [1.29, 1.82) is 0 Å². The third kappa shape index (κ3) is 5.96. The number of nitrogens with one attached hydrogen (secondary N) is 2. The molecular weight excluding hydrogens is 436 g/mol. The summed E-state index contributed by atoms with van der Waals surface area (Å²) in [5.41, 5.74) is 3.89. The number of carbonyl (C=O) groups excluding carboxylic acids is 1. The van der Waals surface area contributed by atoms with Crippen LogP contribution in [0.15, 0.2) is 64.4 Å². The molecule has 8 heteroatoms. The van der Waals surface area contributed by atoms with Gasteiger partial charge in [0.05, 0.1) is 0 Å². The van der Waals surface area contributed by atoms with Gasteiger partial charge >= 0.3 is 6.09 Å². The van der Waals surface area contributed by atoms with Crippen LogP contribution in [0.5, 0.6) is 0 Å². The lowest BCUT2D eigenvalue weighted by Crippen LogP contribution is -2.36. The number of ether oxygens (including phenoxy) is 1. The molecule has 2 aromatic heterocycles. The van der Waals surface area contributed by atoms with Gasteiger partial charge in [-0.15, -0.1) is 10.2 Å². The Kier molecular flexibility index (Phi) is 6.74. The number of thioether (sulfide) groups is 1. The smallest absolute Gasteiger partial charge is 0.408 e. The van der Waals surface area contributed by atoms with Crippen LogP contribution in [0.25, 0.3) is 10.9 Å². The number of amides is 1. The second-order valence-corrected chi connectivity index (χ2v) is 9.81. The topological polar surface area (TPSA) is 93.0 Å². The van der Waals surface area contributed by atoms with Crippen LogP contribution in [0.4, 0.5) is 4.79 Å². The highest BCUT2D eigenvalue weighted by molar-refractivity contribution is 7.98. The highest BCUT2D eigenvalue weighted by atomic mass is 32.2. The molecule has 0 fully saturated rings. The third-order valence-corrected chi connectivity index (χ3v) is 5.99. The lowest BCUT2D eigenvalue weighted by atomic mass is 10.1. The van der Waals surface area contributed by atoms with Crippen molar-refractivity contribution in [3.63, 3.8) is 0 Å². The second kappa shape index (κ2) is 9.70. The summed E-state index contributed by atoms with van der Waals surface area (Å²) >= 11 is 1.47. The molecule has 0 aliphatic heterocycles. The van der Waals surface area contributed by atoms with E-state index in [1.807, 2.05) is 63.4 Å². The summed E-state index contributed by atoms with van der Waals surface area (Å²) in [4.78, 5) is 15.8. The summed E-state index contributed by atoms with van der Waals surface area (Å²) in [5, 5.41) is 12.9. The number of aromatic nitrogens is 3. The van der Waals surface area contributed by atoms with Gasteiger partial charge in [0.1, 0.15) is 11.6 Å². The van der Waals surface area contributed by atoms with E-state index in [9.17, 15) is 4.79 Å². The van der Waals surface area contributed by atoms with Gasteiger partial charge in [0.15, 0.2) is 0 Å². The van der Waals surface area contributed by atoms with Gasteiger partial charge in [-0.25, -0.2) is 4.79 Å². The summed E-state index contributed by atoms with van der Waals surface area (Å²) in [6, 6.07) is 15.7. The van der Waals surface area contributed by atoms with E-state index in [2.05, 4.69) is 39.6 Å². The molecule has 0 radical (unpaired) electrons. The molecular formula is C25H28N4O3S. The average molecular weight is 465 g/mol. The van der Waals surface area contributed by atoms with E-state index in [0.717, 1.165) is 22.2 Å². The van der Waals surface area contributed by atoms with Gasteiger partial charge in [0, 0.05) is 29.3 Å². The number of H-pyrrole nitrogens is 1. The zero-order valence-corrected chi connectivity index (χ0v) is 20.0. The van der Waals surface area contributed by atoms with E-state index in [1.165, 1.54) is 22.9 Å². The number of rotatable bonds is 7. The van der Waals surface area contributed by atoms with Gasteiger partial charge in [-0.3, -0.25) is 0 Å². The van der Waals surface area contributed by atoms with Gasteiger partial charge in [-0.05, 0) is 50.5 Å². The fraction of sp³-hybridized carbons (Fsp3) is 0.320. The number of hydrogen-bond acceptors (Lipinski definition) is 6. The van der Waals surface area contributed by atoms with Crippen molar-refractivity contribution in [2.75, 3.05) is 0 Å². The molecule has 2 N–H and O–H groups in total. The van der Waals surface area contributed by atoms with E-state index < -0.39 is 17.7 Å². The Morgan fingerprint density at radius 3 is 2.67 bits per heavy atom. The van der Waals surface area contributed by atoms with Crippen LogP contribution in [0, 0.1) is 6.92 Å². The highest BCUT2D eigenvalue weighted by Crippen LogP contribution is 2.28. The first kappa shape index (κ1) is 22.9. The first-order valence-electron chi connectivity index (χ1n) is 10.8. The van der Waals surface area contributed by atoms with Crippen molar-refractivity contribution < 1.29 is 13.9 Å². The molecule has 0 aliphatic carbocycles. The molecule has 0 spiro atoms. The van der Waals surface area contributed by atoms with E-state index >= 15 is 0 Å². The van der Waals surface area contributed by atoms with Crippen LogP contribution in [0.1, 0.15) is 49.4 Å². The monoisotopic (exact) mass is 464 g/mol. The molecule has 0 aliphatic rings. The number of nitrogens with zero attached hydrogens (tertiary/aromatic N) is 2. The molecule has 0 bridgehead atoms. The molecule has 2 heterocycles. The Morgan fingerprint density at radius 1 is 1.12 bits per heavy atom. The number of aryl methyl sites for hydroxylation is 1. The summed E-state index contributed by atoms with van der Waals surface area (Å²) in [7, 11) is 0. The number of benzene rings is 2. The number of aromatic amines is 1. The number of hydrogen-bond donors (Lipinski definition) is 2. The van der Waals surface area contributed by atoms with E-state index in [1.54, 1.807) is 0 Å². The second-order valence-electron chi connectivity index (χ2n) is 8.88. The van der Waals surface area contributed by atoms with Crippen LogP contribution >= 0.6 is 11.8 Å². The third-order valence-electron chi connectivity index (χ3n) is 5.12. The summed E-state index contributed by atoms with van der Waals surface area (Å²) in [6.45, 7) is 7.56. The first-order valence-corrected chi connectivity index (χ1v) is 11.8. The van der Waals surface area contributed by atoms with Crippen molar-refractivity contribution in [2.45, 2.75) is 56.7 Å². The van der Waals surface area contributed by atoms with Crippen molar-refractivity contribution in [1.82, 2.24) is 20.5 Å². The van der Waals surface area contributed by atoms with Crippen LogP contribution < -0.4 is 5.32 Å². The number of fused-ring (bicyclic) bond motifs is 1. The molecule has 0 saturated heterocycles. The van der Waals surface area contributed by atoms with Crippen molar-refractivity contribution in [2.24, 2.45) is 0 Å². The highest BCUT2D eigenvalue weighted by Gasteiger charge is 2.26. The van der Waals surface area contributed by atoms with Crippen LogP contribution in [0.3, 0.4) is 0 Å². The fourth-order valence-electron chi connectivity index (χ4n) is 3.50. The molecule has 1 unspecified atom stereocenters. The van der Waals surface area contributed by atoms with E-state index in [4.69, 9.17) is 9.15 Å². The molecule has 1 amide bonds. The first-order chi connectivity index (χ1) is 15.8. The standard InChI is InChI=1S/C25H28N4O3S/c1-16-9-5-6-10-17(16)15-33-24-29-28-22(31-24)21(27-23(30)32-25(2,3)4)13-18-14-26-20-12-8-7-11-19(18)20/h5-12,14,21,26H,13,15H2,1-4H3,(H,27,30). The molecule has 4 rings (SSSR count). The van der Waals surface area contributed by atoms with Gasteiger partial charge < -0.3 is 19.5 Å². The maximum atomic E-state index is 12.6. The predicted octanol–water partition coefficient (Wildman–Crippen LogP) is 5.96. The van der Waals surface area contributed by atoms with Gasteiger partial charge in [-0.1, -0.05) is 54.2 Å². The quantitative estimate of drug-likeness (QED) is 0.328. The maximum Gasteiger partial charge on any atom is 0.408 e. The summed E-state index contributed by atoms with van der Waals surface area (Å²) in [6.07, 6.45) is 1.89. The zero-order chi connectivity index (χ0) is 23.4. The molecule has 33 heavy (non-hydrogen) atoms. The minimum absolute atomic E-state index is 0.346.